The molecule has 9 heteroatoms. The molecule has 0 saturated heterocycles. The Morgan fingerprint density at radius 1 is 1.24 bits per heavy atom. The zero-order chi connectivity index (χ0) is 21.0. The predicted octanol–water partition coefficient (Wildman–Crippen LogP) is 6.05. The van der Waals surface area contributed by atoms with E-state index in [2.05, 4.69) is 10.3 Å². The van der Waals surface area contributed by atoms with E-state index in [1.54, 1.807) is 42.7 Å². The highest BCUT2D eigenvalue weighted by molar-refractivity contribution is 8.00. The van der Waals surface area contributed by atoms with Gasteiger partial charge in [0.25, 0.3) is 0 Å². The molecule has 1 amide bonds. The Hall–Kier alpha value is -2.45. The van der Waals surface area contributed by atoms with Gasteiger partial charge in [-0.3, -0.25) is 4.79 Å². The Labute approximate surface area is 175 Å². The molecule has 0 aliphatic carbocycles. The molecule has 0 fully saturated rings. The van der Waals surface area contributed by atoms with Gasteiger partial charge >= 0.3 is 6.18 Å². The van der Waals surface area contributed by atoms with Crippen LogP contribution < -0.4 is 5.32 Å². The van der Waals surface area contributed by atoms with Crippen LogP contribution >= 0.6 is 23.4 Å². The molecule has 0 radical (unpaired) electrons. The molecule has 1 atom stereocenters. The lowest BCUT2D eigenvalue weighted by Gasteiger charge is -2.19. The van der Waals surface area contributed by atoms with Crippen LogP contribution in [0.1, 0.15) is 23.3 Å². The summed E-state index contributed by atoms with van der Waals surface area (Å²) in [5.41, 5.74) is -0.680. The third-order valence-electron chi connectivity index (χ3n) is 4.13. The number of carbonyl (C=O) groups excluding carboxylic acids is 1. The Balaban J connectivity index is 1.94. The number of hydrogen-bond acceptors (Lipinski definition) is 3. The summed E-state index contributed by atoms with van der Waals surface area (Å²) in [6.07, 6.45) is -1.25. The largest absolute Gasteiger partial charge is 0.418 e. The zero-order valence-electron chi connectivity index (χ0n) is 15.3. The molecule has 2 aromatic carbocycles. The normalized spacial score (nSPS) is 12.6. The van der Waals surface area contributed by atoms with Crippen LogP contribution in [-0.2, 0) is 17.5 Å². The Bertz CT molecular complexity index is 992. The average molecular weight is 440 g/mol. The Kier molecular flexibility index (Phi) is 6.54. The van der Waals surface area contributed by atoms with Crippen molar-refractivity contribution >= 4 is 35.0 Å². The highest BCUT2D eigenvalue weighted by atomic mass is 35.5. The minimum absolute atomic E-state index is 0.0609. The molecule has 1 aromatic heterocycles. The van der Waals surface area contributed by atoms with Crippen LogP contribution in [0, 0.1) is 0 Å². The average Bonchev–Trinajstić information content (AvgIpc) is 3.14. The molecule has 0 unspecified atom stereocenters. The fourth-order valence-electron chi connectivity index (χ4n) is 2.72. The van der Waals surface area contributed by atoms with Gasteiger partial charge in [-0.1, -0.05) is 53.7 Å². The first-order valence-corrected chi connectivity index (χ1v) is 9.95. The van der Waals surface area contributed by atoms with Crippen molar-refractivity contribution in [3.8, 4) is 0 Å². The first-order chi connectivity index (χ1) is 13.8. The van der Waals surface area contributed by atoms with Gasteiger partial charge in [0.2, 0.25) is 5.91 Å². The van der Waals surface area contributed by atoms with Crippen LogP contribution in [0.5, 0.6) is 0 Å². The van der Waals surface area contributed by atoms with Crippen LogP contribution in [-0.4, -0.2) is 15.5 Å². The van der Waals surface area contributed by atoms with E-state index in [-0.39, 0.29) is 10.7 Å². The van der Waals surface area contributed by atoms with Crippen LogP contribution in [0.15, 0.2) is 66.1 Å². The summed E-state index contributed by atoms with van der Waals surface area (Å²) in [5.74, 6) is -0.584. The van der Waals surface area contributed by atoms with Crippen molar-refractivity contribution in [2.24, 2.45) is 0 Å². The molecule has 0 aliphatic rings. The Morgan fingerprint density at radius 3 is 2.62 bits per heavy atom. The predicted molar refractivity (Wildman–Crippen MR) is 108 cm³/mol. The lowest BCUT2D eigenvalue weighted by molar-refractivity contribution is -0.137. The van der Waals surface area contributed by atoms with E-state index in [0.29, 0.717) is 17.3 Å². The summed E-state index contributed by atoms with van der Waals surface area (Å²) in [7, 11) is 0. The summed E-state index contributed by atoms with van der Waals surface area (Å²) in [6, 6.07) is 12.1. The molecule has 0 aliphatic heterocycles. The van der Waals surface area contributed by atoms with Gasteiger partial charge in [0, 0.05) is 24.0 Å². The van der Waals surface area contributed by atoms with Crippen LogP contribution in [0.2, 0.25) is 5.02 Å². The SMILES string of the molecule is CCn1ccnc1S[C@@H](C(=O)Nc1ccc(Cl)cc1C(F)(F)F)c1ccccc1. The number of aryl methyl sites for hydroxylation is 1. The monoisotopic (exact) mass is 439 g/mol. The zero-order valence-corrected chi connectivity index (χ0v) is 16.9. The van der Waals surface area contributed by atoms with E-state index in [1.807, 2.05) is 11.5 Å². The quantitative estimate of drug-likeness (QED) is 0.476. The van der Waals surface area contributed by atoms with E-state index in [4.69, 9.17) is 11.6 Å². The maximum absolute atomic E-state index is 13.4. The number of imidazole rings is 1. The number of halogens is 4. The molecule has 0 spiro atoms. The number of nitrogens with zero attached hydrogens (tertiary/aromatic N) is 2. The number of amides is 1. The number of thioether (sulfide) groups is 1. The van der Waals surface area contributed by atoms with Crippen molar-refractivity contribution in [1.82, 2.24) is 9.55 Å². The van der Waals surface area contributed by atoms with Crippen molar-refractivity contribution in [3.63, 3.8) is 0 Å². The lowest BCUT2D eigenvalue weighted by atomic mass is 10.1. The van der Waals surface area contributed by atoms with Crippen LogP contribution in [0.4, 0.5) is 18.9 Å². The lowest BCUT2D eigenvalue weighted by Crippen LogP contribution is -2.22. The van der Waals surface area contributed by atoms with E-state index in [1.165, 1.54) is 17.8 Å². The first kappa shape index (κ1) is 21.3. The van der Waals surface area contributed by atoms with E-state index in [9.17, 15) is 18.0 Å². The minimum atomic E-state index is -4.65. The minimum Gasteiger partial charge on any atom is -0.326 e. The van der Waals surface area contributed by atoms with E-state index >= 15 is 0 Å². The second-order valence-electron chi connectivity index (χ2n) is 6.08. The maximum Gasteiger partial charge on any atom is 0.418 e. The molecular weight excluding hydrogens is 423 g/mol. The molecule has 3 rings (SSSR count). The molecule has 0 saturated carbocycles. The van der Waals surface area contributed by atoms with Gasteiger partial charge in [-0.05, 0) is 30.7 Å². The number of hydrogen-bond donors (Lipinski definition) is 1. The molecule has 3 aromatic rings. The number of anilines is 1. The van der Waals surface area contributed by atoms with Crippen molar-refractivity contribution in [3.05, 3.63) is 77.1 Å². The molecule has 1 N–H and O–H groups in total. The third-order valence-corrected chi connectivity index (χ3v) is 5.63. The molecule has 152 valence electrons. The van der Waals surface area contributed by atoms with Crippen molar-refractivity contribution in [2.45, 2.75) is 30.1 Å². The second kappa shape index (κ2) is 8.92. The standard InChI is InChI=1S/C20H17ClF3N3OS/c1-2-27-11-10-25-19(27)29-17(13-6-4-3-5-7-13)18(28)26-16-9-8-14(21)12-15(16)20(22,23)24/h3-12,17H,2H2,1H3,(H,26,28)/t17-/m1/s1. The van der Waals surface area contributed by atoms with Gasteiger partial charge in [0.1, 0.15) is 5.25 Å². The number of carbonyl (C=O) groups is 1. The highest BCUT2D eigenvalue weighted by Crippen LogP contribution is 2.39. The number of benzene rings is 2. The van der Waals surface area contributed by atoms with E-state index < -0.39 is 22.9 Å². The summed E-state index contributed by atoms with van der Waals surface area (Å²) < 4.78 is 42.0. The van der Waals surface area contributed by atoms with Gasteiger partial charge in [0.15, 0.2) is 5.16 Å². The van der Waals surface area contributed by atoms with Crippen LogP contribution in [0.3, 0.4) is 0 Å². The summed E-state index contributed by atoms with van der Waals surface area (Å²) in [6.45, 7) is 2.59. The van der Waals surface area contributed by atoms with Crippen LogP contribution in [0.25, 0.3) is 0 Å². The fraction of sp³-hybridized carbons (Fsp3) is 0.200. The smallest absolute Gasteiger partial charge is 0.326 e. The number of alkyl halides is 3. The maximum atomic E-state index is 13.4. The van der Waals surface area contributed by atoms with Gasteiger partial charge in [-0.15, -0.1) is 0 Å². The molecule has 0 bridgehead atoms. The van der Waals surface area contributed by atoms with Gasteiger partial charge in [-0.25, -0.2) is 4.98 Å². The molecule has 4 nitrogen and oxygen atoms in total. The summed E-state index contributed by atoms with van der Waals surface area (Å²) in [4.78, 5) is 17.3. The van der Waals surface area contributed by atoms with Crippen molar-refractivity contribution in [1.29, 1.82) is 0 Å². The van der Waals surface area contributed by atoms with Crippen molar-refractivity contribution in [2.75, 3.05) is 5.32 Å². The third kappa shape index (κ3) is 5.13. The number of aromatic nitrogens is 2. The molecule has 29 heavy (non-hydrogen) atoms. The summed E-state index contributed by atoms with van der Waals surface area (Å²) >= 11 is 6.89. The van der Waals surface area contributed by atoms with Gasteiger partial charge in [-0.2, -0.15) is 13.2 Å². The fourth-order valence-corrected chi connectivity index (χ4v) is 4.01. The summed E-state index contributed by atoms with van der Waals surface area (Å²) in [5, 5.41) is 2.17. The Morgan fingerprint density at radius 2 is 1.97 bits per heavy atom. The number of nitrogens with one attached hydrogen (secondary N) is 1. The number of rotatable bonds is 6. The molecular formula is C20H17ClF3N3OS. The van der Waals surface area contributed by atoms with Crippen molar-refractivity contribution < 1.29 is 18.0 Å². The highest BCUT2D eigenvalue weighted by Gasteiger charge is 2.35. The first-order valence-electron chi connectivity index (χ1n) is 8.70. The van der Waals surface area contributed by atoms with E-state index in [0.717, 1.165) is 12.1 Å². The second-order valence-corrected chi connectivity index (χ2v) is 7.59. The van der Waals surface area contributed by atoms with Gasteiger partial charge < -0.3 is 9.88 Å². The topological polar surface area (TPSA) is 46.9 Å². The van der Waals surface area contributed by atoms with Gasteiger partial charge in [0.05, 0.1) is 11.3 Å². The molecule has 1 heterocycles.